The van der Waals surface area contributed by atoms with Crippen LogP contribution in [0.3, 0.4) is 0 Å². The van der Waals surface area contributed by atoms with Gasteiger partial charge in [0.2, 0.25) is 0 Å². The van der Waals surface area contributed by atoms with Crippen molar-refractivity contribution in [1.29, 1.82) is 0 Å². The zero-order valence-corrected chi connectivity index (χ0v) is 11.3. The molecule has 100 valence electrons. The van der Waals surface area contributed by atoms with E-state index in [1.807, 2.05) is 32.0 Å². The standard InChI is InChI=1S/C14H17N3O2/c1-4-19-14(18)13-9(2)10(3)16-17(13)12-8-6-5-7-11(12)15/h5-8H,4,15H2,1-3H3. The monoisotopic (exact) mass is 259 g/mol. The molecule has 0 amide bonds. The lowest BCUT2D eigenvalue weighted by atomic mass is 10.2. The molecule has 2 aromatic rings. The molecule has 0 saturated carbocycles. The number of carbonyl (C=O) groups excluding carboxylic acids is 1. The summed E-state index contributed by atoms with van der Waals surface area (Å²) in [6, 6.07) is 7.29. The van der Waals surface area contributed by atoms with Gasteiger partial charge in [-0.25, -0.2) is 9.48 Å². The van der Waals surface area contributed by atoms with Crippen LogP contribution in [0.1, 0.15) is 28.7 Å². The molecule has 1 heterocycles. The molecule has 0 aliphatic rings. The zero-order chi connectivity index (χ0) is 14.0. The number of nitrogens with two attached hydrogens (primary N) is 1. The van der Waals surface area contributed by atoms with Gasteiger partial charge in [-0.05, 0) is 32.9 Å². The molecule has 0 unspecified atom stereocenters. The van der Waals surface area contributed by atoms with Crippen LogP contribution in [0.4, 0.5) is 5.69 Å². The number of carbonyl (C=O) groups is 1. The van der Waals surface area contributed by atoms with Crippen molar-refractivity contribution in [2.45, 2.75) is 20.8 Å². The first-order valence-corrected chi connectivity index (χ1v) is 6.14. The zero-order valence-electron chi connectivity index (χ0n) is 11.3. The van der Waals surface area contributed by atoms with Crippen molar-refractivity contribution in [1.82, 2.24) is 9.78 Å². The molecule has 2 N–H and O–H groups in total. The van der Waals surface area contributed by atoms with E-state index in [9.17, 15) is 4.79 Å². The minimum Gasteiger partial charge on any atom is -0.461 e. The summed E-state index contributed by atoms with van der Waals surface area (Å²) in [6.07, 6.45) is 0. The number of nitrogens with zero attached hydrogens (tertiary/aromatic N) is 2. The van der Waals surface area contributed by atoms with Crippen molar-refractivity contribution in [2.75, 3.05) is 12.3 Å². The molecule has 0 aliphatic carbocycles. The first-order chi connectivity index (χ1) is 9.06. The summed E-state index contributed by atoms with van der Waals surface area (Å²) in [4.78, 5) is 12.1. The highest BCUT2D eigenvalue weighted by atomic mass is 16.5. The maximum absolute atomic E-state index is 12.1. The van der Waals surface area contributed by atoms with Gasteiger partial charge in [-0.1, -0.05) is 12.1 Å². The van der Waals surface area contributed by atoms with Crippen molar-refractivity contribution >= 4 is 11.7 Å². The number of aryl methyl sites for hydroxylation is 1. The van der Waals surface area contributed by atoms with Crippen LogP contribution in [0.5, 0.6) is 0 Å². The molecule has 1 aromatic carbocycles. The van der Waals surface area contributed by atoms with Crippen LogP contribution in [-0.2, 0) is 4.74 Å². The molecule has 0 fully saturated rings. The number of benzene rings is 1. The van der Waals surface area contributed by atoms with Gasteiger partial charge in [0.15, 0.2) is 5.69 Å². The molecule has 0 spiro atoms. The van der Waals surface area contributed by atoms with E-state index in [0.717, 1.165) is 11.3 Å². The highest BCUT2D eigenvalue weighted by molar-refractivity contribution is 5.90. The number of nitrogen functional groups attached to an aromatic ring is 1. The Kier molecular flexibility index (Phi) is 3.55. The van der Waals surface area contributed by atoms with Crippen molar-refractivity contribution in [3.05, 3.63) is 41.2 Å². The molecule has 2 rings (SSSR count). The third-order valence-electron chi connectivity index (χ3n) is 2.99. The molecule has 0 bridgehead atoms. The lowest BCUT2D eigenvalue weighted by Gasteiger charge is -2.09. The van der Waals surface area contributed by atoms with Gasteiger partial charge >= 0.3 is 5.97 Å². The summed E-state index contributed by atoms with van der Waals surface area (Å²) in [5, 5.41) is 4.38. The molecule has 19 heavy (non-hydrogen) atoms. The molecule has 0 saturated heterocycles. The number of para-hydroxylation sites is 2. The Bertz CT molecular complexity index is 617. The highest BCUT2D eigenvalue weighted by Gasteiger charge is 2.21. The van der Waals surface area contributed by atoms with Crippen LogP contribution in [0.2, 0.25) is 0 Å². The van der Waals surface area contributed by atoms with E-state index in [-0.39, 0.29) is 5.97 Å². The third-order valence-corrected chi connectivity index (χ3v) is 2.99. The first kappa shape index (κ1) is 13.1. The summed E-state index contributed by atoms with van der Waals surface area (Å²) in [5.74, 6) is -0.385. The summed E-state index contributed by atoms with van der Waals surface area (Å²) >= 11 is 0. The second kappa shape index (κ2) is 5.14. The second-order valence-corrected chi connectivity index (χ2v) is 4.25. The van der Waals surface area contributed by atoms with Crippen molar-refractivity contribution in [3.63, 3.8) is 0 Å². The SMILES string of the molecule is CCOC(=O)c1c(C)c(C)nn1-c1ccccc1N. The van der Waals surface area contributed by atoms with Gasteiger partial charge in [-0.2, -0.15) is 5.10 Å². The largest absolute Gasteiger partial charge is 0.461 e. The lowest BCUT2D eigenvalue weighted by molar-refractivity contribution is 0.0515. The van der Waals surface area contributed by atoms with Crippen LogP contribution in [0, 0.1) is 13.8 Å². The van der Waals surface area contributed by atoms with Crippen molar-refractivity contribution in [2.24, 2.45) is 0 Å². The topological polar surface area (TPSA) is 70.1 Å². The molecule has 5 heteroatoms. The van der Waals surface area contributed by atoms with E-state index in [4.69, 9.17) is 10.5 Å². The van der Waals surface area contributed by atoms with Crippen LogP contribution < -0.4 is 5.73 Å². The van der Waals surface area contributed by atoms with Gasteiger partial charge < -0.3 is 10.5 Å². The number of hydrogen-bond acceptors (Lipinski definition) is 4. The number of ether oxygens (including phenoxy) is 1. The number of aromatic nitrogens is 2. The minimum absolute atomic E-state index is 0.326. The number of rotatable bonds is 3. The van der Waals surface area contributed by atoms with E-state index in [1.54, 1.807) is 17.7 Å². The summed E-state index contributed by atoms with van der Waals surface area (Å²) < 4.78 is 6.64. The van der Waals surface area contributed by atoms with E-state index >= 15 is 0 Å². The fourth-order valence-electron chi connectivity index (χ4n) is 1.90. The number of hydrogen-bond donors (Lipinski definition) is 1. The normalized spacial score (nSPS) is 10.5. The van der Waals surface area contributed by atoms with E-state index in [0.29, 0.717) is 23.7 Å². The molecule has 0 atom stereocenters. The van der Waals surface area contributed by atoms with Gasteiger partial charge in [0.05, 0.1) is 23.7 Å². The van der Waals surface area contributed by atoms with Crippen molar-refractivity contribution in [3.8, 4) is 5.69 Å². The minimum atomic E-state index is -0.385. The van der Waals surface area contributed by atoms with E-state index in [2.05, 4.69) is 5.10 Å². The van der Waals surface area contributed by atoms with E-state index < -0.39 is 0 Å². The van der Waals surface area contributed by atoms with Crippen LogP contribution in [-0.4, -0.2) is 22.4 Å². The smallest absolute Gasteiger partial charge is 0.357 e. The number of esters is 1. The fourth-order valence-corrected chi connectivity index (χ4v) is 1.90. The second-order valence-electron chi connectivity index (χ2n) is 4.25. The summed E-state index contributed by atoms with van der Waals surface area (Å²) in [7, 11) is 0. The van der Waals surface area contributed by atoms with Gasteiger partial charge in [0, 0.05) is 5.56 Å². The maximum Gasteiger partial charge on any atom is 0.357 e. The average molecular weight is 259 g/mol. The molecule has 1 aromatic heterocycles. The third kappa shape index (κ3) is 2.31. The van der Waals surface area contributed by atoms with E-state index in [1.165, 1.54) is 0 Å². The Hall–Kier alpha value is -2.30. The predicted molar refractivity (Wildman–Crippen MR) is 73.4 cm³/mol. The van der Waals surface area contributed by atoms with Crippen LogP contribution in [0.25, 0.3) is 5.69 Å². The Morgan fingerprint density at radius 3 is 2.68 bits per heavy atom. The molecule has 0 radical (unpaired) electrons. The van der Waals surface area contributed by atoms with Crippen LogP contribution >= 0.6 is 0 Å². The Balaban J connectivity index is 2.61. The molecule has 5 nitrogen and oxygen atoms in total. The number of anilines is 1. The average Bonchev–Trinajstić information content (AvgIpc) is 2.66. The molecular formula is C14H17N3O2. The van der Waals surface area contributed by atoms with Crippen LogP contribution in [0.15, 0.2) is 24.3 Å². The summed E-state index contributed by atoms with van der Waals surface area (Å²) in [5.41, 5.74) is 9.21. The highest BCUT2D eigenvalue weighted by Crippen LogP contribution is 2.22. The first-order valence-electron chi connectivity index (χ1n) is 6.14. The van der Waals surface area contributed by atoms with Gasteiger partial charge in [-0.15, -0.1) is 0 Å². The quantitative estimate of drug-likeness (QED) is 0.678. The van der Waals surface area contributed by atoms with Gasteiger partial charge in [0.25, 0.3) is 0 Å². The lowest BCUT2D eigenvalue weighted by Crippen LogP contribution is -2.14. The maximum atomic E-state index is 12.1. The van der Waals surface area contributed by atoms with Gasteiger partial charge in [-0.3, -0.25) is 0 Å². The molecular weight excluding hydrogens is 242 g/mol. The van der Waals surface area contributed by atoms with Crippen molar-refractivity contribution < 1.29 is 9.53 Å². The fraction of sp³-hybridized carbons (Fsp3) is 0.286. The molecule has 0 aliphatic heterocycles. The summed E-state index contributed by atoms with van der Waals surface area (Å²) in [6.45, 7) is 5.81. The Morgan fingerprint density at radius 1 is 1.37 bits per heavy atom. The van der Waals surface area contributed by atoms with Gasteiger partial charge in [0.1, 0.15) is 0 Å². The Labute approximate surface area is 112 Å². The Morgan fingerprint density at radius 2 is 2.05 bits per heavy atom. The predicted octanol–water partition coefficient (Wildman–Crippen LogP) is 2.25.